The van der Waals surface area contributed by atoms with Gasteiger partial charge in [-0.25, -0.2) is 4.98 Å². The molecule has 1 aromatic carbocycles. The second-order valence-corrected chi connectivity index (χ2v) is 6.25. The topological polar surface area (TPSA) is 78.2 Å². The molecule has 0 unspecified atom stereocenters. The lowest BCUT2D eigenvalue weighted by Crippen LogP contribution is -2.30. The van der Waals surface area contributed by atoms with E-state index in [1.807, 2.05) is 31.2 Å². The number of amides is 1. The van der Waals surface area contributed by atoms with Gasteiger partial charge in [-0.05, 0) is 36.6 Å². The molecular formula is C19H22N4O3. The molecule has 0 aliphatic rings. The summed E-state index contributed by atoms with van der Waals surface area (Å²) in [4.78, 5) is 28.9. The number of fused-ring (bicyclic) bond motifs is 1. The highest BCUT2D eigenvalue weighted by atomic mass is 16.5. The molecule has 7 heteroatoms. The molecule has 0 aliphatic heterocycles. The number of ether oxygens (including phenoxy) is 1. The molecule has 3 aromatic rings. The van der Waals surface area contributed by atoms with Crippen molar-refractivity contribution < 1.29 is 9.53 Å². The first-order chi connectivity index (χ1) is 12.5. The van der Waals surface area contributed by atoms with Gasteiger partial charge in [0.1, 0.15) is 17.8 Å². The van der Waals surface area contributed by atoms with Gasteiger partial charge in [0.2, 0.25) is 5.91 Å². The van der Waals surface area contributed by atoms with E-state index in [4.69, 9.17) is 4.74 Å². The first-order valence-electron chi connectivity index (χ1n) is 8.40. The molecule has 0 saturated heterocycles. The summed E-state index contributed by atoms with van der Waals surface area (Å²) in [6.45, 7) is 2.49. The molecule has 0 atom stereocenters. The Morgan fingerprint density at radius 3 is 2.69 bits per heavy atom. The van der Waals surface area contributed by atoms with Crippen molar-refractivity contribution in [2.75, 3.05) is 13.7 Å². The zero-order valence-electron chi connectivity index (χ0n) is 15.2. The van der Waals surface area contributed by atoms with Crippen molar-refractivity contribution in [2.24, 2.45) is 7.05 Å². The molecule has 0 bridgehead atoms. The largest absolute Gasteiger partial charge is 0.497 e. The van der Waals surface area contributed by atoms with E-state index in [1.54, 1.807) is 31.2 Å². The molecule has 0 aliphatic carbocycles. The minimum atomic E-state index is -0.158. The lowest BCUT2D eigenvalue weighted by atomic mass is 10.1. The Balaban J connectivity index is 1.63. The summed E-state index contributed by atoms with van der Waals surface area (Å²) in [7, 11) is 3.32. The molecule has 0 spiro atoms. The maximum Gasteiger partial charge on any atom is 0.276 e. The van der Waals surface area contributed by atoms with Gasteiger partial charge in [-0.3, -0.25) is 9.59 Å². The summed E-state index contributed by atoms with van der Waals surface area (Å²) in [6, 6.07) is 7.74. The van der Waals surface area contributed by atoms with Crippen LogP contribution in [-0.2, 0) is 24.8 Å². The van der Waals surface area contributed by atoms with Crippen molar-refractivity contribution in [3.05, 3.63) is 58.3 Å². The number of methoxy groups -OCH3 is 1. The van der Waals surface area contributed by atoms with E-state index in [0.29, 0.717) is 17.6 Å². The monoisotopic (exact) mass is 354 g/mol. The zero-order chi connectivity index (χ0) is 18.7. The van der Waals surface area contributed by atoms with Gasteiger partial charge in [0.05, 0.1) is 19.0 Å². The van der Waals surface area contributed by atoms with Gasteiger partial charge >= 0.3 is 0 Å². The first kappa shape index (κ1) is 17.7. The smallest absolute Gasteiger partial charge is 0.276 e. The van der Waals surface area contributed by atoms with E-state index in [1.165, 1.54) is 4.57 Å². The molecule has 0 radical (unpaired) electrons. The van der Waals surface area contributed by atoms with E-state index in [9.17, 15) is 9.59 Å². The average Bonchev–Trinajstić information content (AvgIpc) is 3.04. The molecule has 136 valence electrons. The number of carbonyl (C=O) groups excluding carboxylic acids is 1. The van der Waals surface area contributed by atoms with E-state index < -0.39 is 0 Å². The highest BCUT2D eigenvalue weighted by Gasteiger charge is 2.13. The van der Waals surface area contributed by atoms with Crippen LogP contribution in [0.1, 0.15) is 11.1 Å². The number of pyridine rings is 1. The van der Waals surface area contributed by atoms with Crippen LogP contribution in [0.15, 0.2) is 41.6 Å². The molecule has 0 saturated carbocycles. The van der Waals surface area contributed by atoms with Gasteiger partial charge in [0, 0.05) is 19.8 Å². The summed E-state index contributed by atoms with van der Waals surface area (Å²) in [5, 5.41) is 2.88. The van der Waals surface area contributed by atoms with E-state index in [0.717, 1.165) is 23.3 Å². The minimum absolute atomic E-state index is 0.0673. The number of aromatic nitrogens is 3. The molecule has 0 fully saturated rings. The van der Waals surface area contributed by atoms with Gasteiger partial charge in [-0.1, -0.05) is 12.1 Å². The normalized spacial score (nSPS) is 10.9. The quantitative estimate of drug-likeness (QED) is 0.726. The van der Waals surface area contributed by atoms with Crippen LogP contribution in [0.5, 0.6) is 5.75 Å². The Hall–Kier alpha value is -3.09. The molecular weight excluding hydrogens is 332 g/mol. The van der Waals surface area contributed by atoms with Crippen molar-refractivity contribution in [1.82, 2.24) is 19.4 Å². The Kier molecular flexibility index (Phi) is 5.06. The fraction of sp³-hybridized carbons (Fsp3) is 0.316. The summed E-state index contributed by atoms with van der Waals surface area (Å²) in [5.41, 5.74) is 2.95. The standard InChI is InChI=1S/C19H22N4O3/c1-13-10-22(2)19(25)18-17(13)21-12-23(18)11-16(24)20-9-8-14-4-6-15(26-3)7-5-14/h4-7,10,12H,8-9,11H2,1-3H3,(H,20,24). The van der Waals surface area contributed by atoms with Gasteiger partial charge in [-0.2, -0.15) is 0 Å². The minimum Gasteiger partial charge on any atom is -0.497 e. The highest BCUT2D eigenvalue weighted by molar-refractivity contribution is 5.81. The summed E-state index contributed by atoms with van der Waals surface area (Å²) in [6.07, 6.45) is 4.01. The van der Waals surface area contributed by atoms with Crippen LogP contribution in [0, 0.1) is 6.92 Å². The van der Waals surface area contributed by atoms with Gasteiger partial charge in [0.15, 0.2) is 0 Å². The molecule has 1 amide bonds. The predicted molar refractivity (Wildman–Crippen MR) is 99.4 cm³/mol. The van der Waals surface area contributed by atoms with Crippen molar-refractivity contribution in [1.29, 1.82) is 0 Å². The number of hydrogen-bond donors (Lipinski definition) is 1. The number of rotatable bonds is 6. The highest BCUT2D eigenvalue weighted by Crippen LogP contribution is 2.13. The Morgan fingerprint density at radius 1 is 1.27 bits per heavy atom. The maximum absolute atomic E-state index is 12.4. The van der Waals surface area contributed by atoms with Gasteiger partial charge < -0.3 is 19.2 Å². The molecule has 7 nitrogen and oxygen atoms in total. The van der Waals surface area contributed by atoms with Crippen LogP contribution in [0.4, 0.5) is 0 Å². The summed E-state index contributed by atoms with van der Waals surface area (Å²) < 4.78 is 8.24. The summed E-state index contributed by atoms with van der Waals surface area (Å²) in [5.74, 6) is 0.656. The molecule has 26 heavy (non-hydrogen) atoms. The van der Waals surface area contributed by atoms with Crippen LogP contribution in [0.25, 0.3) is 11.0 Å². The SMILES string of the molecule is COc1ccc(CCNC(=O)Cn2cnc3c(C)cn(C)c(=O)c32)cc1. The van der Waals surface area contributed by atoms with Crippen LogP contribution in [-0.4, -0.2) is 33.7 Å². The Morgan fingerprint density at radius 2 is 2.00 bits per heavy atom. The van der Waals surface area contributed by atoms with Crippen molar-refractivity contribution in [3.8, 4) is 5.75 Å². The maximum atomic E-state index is 12.4. The number of nitrogens with one attached hydrogen (secondary N) is 1. The van der Waals surface area contributed by atoms with E-state index in [2.05, 4.69) is 10.3 Å². The van der Waals surface area contributed by atoms with Crippen LogP contribution < -0.4 is 15.6 Å². The number of hydrogen-bond acceptors (Lipinski definition) is 4. The van der Waals surface area contributed by atoms with Gasteiger partial charge in [0.25, 0.3) is 5.56 Å². The van der Waals surface area contributed by atoms with Crippen LogP contribution >= 0.6 is 0 Å². The van der Waals surface area contributed by atoms with Gasteiger partial charge in [-0.15, -0.1) is 0 Å². The third kappa shape index (κ3) is 3.61. The molecule has 1 N–H and O–H groups in total. The number of benzene rings is 1. The Bertz CT molecular complexity index is 986. The summed E-state index contributed by atoms with van der Waals surface area (Å²) >= 11 is 0. The van der Waals surface area contributed by atoms with Crippen LogP contribution in [0.3, 0.4) is 0 Å². The number of imidazole rings is 1. The van der Waals surface area contributed by atoms with Crippen molar-refractivity contribution in [2.45, 2.75) is 19.9 Å². The molecule has 3 rings (SSSR count). The second-order valence-electron chi connectivity index (χ2n) is 6.25. The molecule has 2 heterocycles. The lowest BCUT2D eigenvalue weighted by molar-refractivity contribution is -0.121. The van der Waals surface area contributed by atoms with E-state index >= 15 is 0 Å². The average molecular weight is 354 g/mol. The van der Waals surface area contributed by atoms with Crippen LogP contribution in [0.2, 0.25) is 0 Å². The third-order valence-corrected chi connectivity index (χ3v) is 4.33. The first-order valence-corrected chi connectivity index (χ1v) is 8.40. The number of carbonyl (C=O) groups is 1. The fourth-order valence-electron chi connectivity index (χ4n) is 2.94. The number of nitrogens with zero attached hydrogens (tertiary/aromatic N) is 3. The number of aryl methyl sites for hydroxylation is 2. The lowest BCUT2D eigenvalue weighted by Gasteiger charge is -2.08. The van der Waals surface area contributed by atoms with Crippen molar-refractivity contribution in [3.63, 3.8) is 0 Å². The second kappa shape index (κ2) is 7.43. The van der Waals surface area contributed by atoms with E-state index in [-0.39, 0.29) is 18.0 Å². The third-order valence-electron chi connectivity index (χ3n) is 4.33. The van der Waals surface area contributed by atoms with Crippen molar-refractivity contribution >= 4 is 16.9 Å². The fourth-order valence-corrected chi connectivity index (χ4v) is 2.94. The predicted octanol–water partition coefficient (Wildman–Crippen LogP) is 1.41. The molecule has 2 aromatic heterocycles. The zero-order valence-corrected chi connectivity index (χ0v) is 15.2. The Labute approximate surface area is 151 Å².